The fraction of sp³-hybridized carbons (Fsp3) is 0.385. The molecule has 1 saturated carbocycles. The van der Waals surface area contributed by atoms with E-state index in [0.29, 0.717) is 10.8 Å². The van der Waals surface area contributed by atoms with E-state index in [1.807, 2.05) is 36.0 Å². The van der Waals surface area contributed by atoms with Crippen LogP contribution in [0.1, 0.15) is 18.4 Å². The van der Waals surface area contributed by atoms with Crippen LogP contribution in [0.3, 0.4) is 0 Å². The van der Waals surface area contributed by atoms with Gasteiger partial charge in [0.25, 0.3) is 0 Å². The van der Waals surface area contributed by atoms with Gasteiger partial charge in [0.05, 0.1) is 18.2 Å². The molecule has 1 heterocycles. The fourth-order valence-electron chi connectivity index (χ4n) is 1.92. The van der Waals surface area contributed by atoms with Crippen LogP contribution >= 0.6 is 11.8 Å². The molecule has 86 valence electrons. The van der Waals surface area contributed by atoms with Crippen LogP contribution < -0.4 is 5.32 Å². The molecule has 0 saturated heterocycles. The normalized spacial score (nSPS) is 23.0. The number of nitriles is 1. The molecule has 1 atom stereocenters. The van der Waals surface area contributed by atoms with Crippen LogP contribution in [0.4, 0.5) is 5.69 Å². The molecule has 1 fully saturated rings. The predicted molar refractivity (Wildman–Crippen MR) is 71.2 cm³/mol. The van der Waals surface area contributed by atoms with Crippen molar-refractivity contribution in [2.45, 2.75) is 18.1 Å². The molecule has 0 bridgehead atoms. The molecule has 1 aliphatic carbocycles. The van der Waals surface area contributed by atoms with E-state index in [9.17, 15) is 0 Å². The summed E-state index contributed by atoms with van der Waals surface area (Å²) in [5.74, 6) is 0.893. The van der Waals surface area contributed by atoms with E-state index in [0.717, 1.165) is 23.3 Å². The van der Waals surface area contributed by atoms with Crippen LogP contribution in [0.5, 0.6) is 0 Å². The number of hydrogen-bond donors (Lipinski definition) is 1. The van der Waals surface area contributed by atoms with Crippen LogP contribution in [-0.4, -0.2) is 17.0 Å². The lowest BCUT2D eigenvalue weighted by Crippen LogP contribution is -2.08. The number of anilines is 1. The zero-order chi connectivity index (χ0) is 11.7. The number of hydrogen-bond acceptors (Lipinski definition) is 4. The summed E-state index contributed by atoms with van der Waals surface area (Å²) in [6, 6.07) is 9.60. The van der Waals surface area contributed by atoms with Crippen molar-refractivity contribution in [2.24, 2.45) is 10.9 Å². The molecule has 1 aromatic carbocycles. The van der Waals surface area contributed by atoms with Crippen molar-refractivity contribution in [3.63, 3.8) is 0 Å². The molecule has 1 unspecified atom stereocenters. The number of nitrogens with zero attached hydrogens (tertiary/aromatic N) is 2. The molecule has 0 amide bonds. The minimum absolute atomic E-state index is 0.687. The van der Waals surface area contributed by atoms with Gasteiger partial charge in [0.15, 0.2) is 5.17 Å². The van der Waals surface area contributed by atoms with Gasteiger partial charge in [-0.2, -0.15) is 5.26 Å². The fourth-order valence-corrected chi connectivity index (χ4v) is 3.15. The van der Waals surface area contributed by atoms with Crippen LogP contribution in [0.15, 0.2) is 29.3 Å². The molecule has 3 rings (SSSR count). The highest BCUT2D eigenvalue weighted by molar-refractivity contribution is 8.15. The lowest BCUT2D eigenvalue weighted by atomic mass is 10.2. The Morgan fingerprint density at radius 3 is 2.71 bits per heavy atom. The smallest absolute Gasteiger partial charge is 0.161 e. The van der Waals surface area contributed by atoms with Gasteiger partial charge in [-0.1, -0.05) is 11.8 Å². The number of amidine groups is 1. The van der Waals surface area contributed by atoms with Gasteiger partial charge < -0.3 is 5.32 Å². The van der Waals surface area contributed by atoms with Crippen LogP contribution in [-0.2, 0) is 0 Å². The summed E-state index contributed by atoms with van der Waals surface area (Å²) in [5, 5.41) is 13.7. The predicted octanol–water partition coefficient (Wildman–Crippen LogP) is 2.85. The van der Waals surface area contributed by atoms with Gasteiger partial charge in [-0.25, -0.2) is 0 Å². The Balaban J connectivity index is 1.61. The number of nitrogens with one attached hydrogen (secondary N) is 1. The van der Waals surface area contributed by atoms with E-state index in [1.54, 1.807) is 0 Å². The average molecular weight is 243 g/mol. The van der Waals surface area contributed by atoms with Crippen molar-refractivity contribution < 1.29 is 0 Å². The first-order chi connectivity index (χ1) is 8.35. The molecule has 1 N–H and O–H groups in total. The third-order valence-corrected chi connectivity index (χ3v) is 4.38. The first-order valence-corrected chi connectivity index (χ1v) is 6.71. The highest BCUT2D eigenvalue weighted by atomic mass is 32.2. The van der Waals surface area contributed by atoms with Crippen molar-refractivity contribution in [1.29, 1.82) is 5.26 Å². The topological polar surface area (TPSA) is 48.2 Å². The molecule has 1 aliphatic heterocycles. The van der Waals surface area contributed by atoms with Gasteiger partial charge in [-0.15, -0.1) is 0 Å². The molecule has 17 heavy (non-hydrogen) atoms. The van der Waals surface area contributed by atoms with Crippen LogP contribution in [0, 0.1) is 17.2 Å². The maximum Gasteiger partial charge on any atom is 0.161 e. The second-order valence-electron chi connectivity index (χ2n) is 4.45. The molecule has 2 aliphatic rings. The quantitative estimate of drug-likeness (QED) is 0.869. The molecule has 0 spiro atoms. The number of benzene rings is 1. The van der Waals surface area contributed by atoms with Gasteiger partial charge in [-0.05, 0) is 43.0 Å². The van der Waals surface area contributed by atoms with Crippen molar-refractivity contribution in [1.82, 2.24) is 0 Å². The second kappa shape index (κ2) is 4.42. The van der Waals surface area contributed by atoms with Crippen molar-refractivity contribution in [3.8, 4) is 6.07 Å². The Bertz CT molecular complexity index is 482. The maximum absolute atomic E-state index is 8.72. The van der Waals surface area contributed by atoms with E-state index >= 15 is 0 Å². The molecule has 1 aromatic rings. The Kier molecular flexibility index (Phi) is 2.77. The first-order valence-electron chi connectivity index (χ1n) is 5.83. The van der Waals surface area contributed by atoms with Crippen LogP contribution in [0.2, 0.25) is 0 Å². The molecular formula is C13H13N3S. The lowest BCUT2D eigenvalue weighted by Gasteiger charge is -2.07. The van der Waals surface area contributed by atoms with Gasteiger partial charge in [0.2, 0.25) is 0 Å². The van der Waals surface area contributed by atoms with E-state index in [2.05, 4.69) is 16.4 Å². The summed E-state index contributed by atoms with van der Waals surface area (Å²) in [4.78, 5) is 4.52. The second-order valence-corrected chi connectivity index (χ2v) is 5.68. The van der Waals surface area contributed by atoms with E-state index < -0.39 is 0 Å². The Morgan fingerprint density at radius 2 is 2.06 bits per heavy atom. The average Bonchev–Trinajstić information content (AvgIpc) is 3.12. The van der Waals surface area contributed by atoms with Gasteiger partial charge in [0, 0.05) is 10.9 Å². The van der Waals surface area contributed by atoms with Gasteiger partial charge in [-0.3, -0.25) is 4.99 Å². The summed E-state index contributed by atoms with van der Waals surface area (Å²) < 4.78 is 0. The maximum atomic E-state index is 8.72. The van der Waals surface area contributed by atoms with Crippen molar-refractivity contribution in [2.75, 3.05) is 11.9 Å². The first kappa shape index (κ1) is 10.7. The Morgan fingerprint density at radius 1 is 1.29 bits per heavy atom. The SMILES string of the molecule is N#Cc1ccc(NC2=NCC(C3CC3)S2)cc1. The largest absolute Gasteiger partial charge is 0.335 e. The monoisotopic (exact) mass is 243 g/mol. The molecule has 3 nitrogen and oxygen atoms in total. The van der Waals surface area contributed by atoms with Gasteiger partial charge in [0.1, 0.15) is 0 Å². The molecule has 0 radical (unpaired) electrons. The zero-order valence-corrected chi connectivity index (χ0v) is 10.2. The summed E-state index contributed by atoms with van der Waals surface area (Å²) in [7, 11) is 0. The third-order valence-electron chi connectivity index (χ3n) is 3.09. The number of aliphatic imine (C=N–C) groups is 1. The Labute approximate surface area is 105 Å². The Hall–Kier alpha value is -1.47. The van der Waals surface area contributed by atoms with E-state index in [4.69, 9.17) is 5.26 Å². The number of rotatable bonds is 2. The lowest BCUT2D eigenvalue weighted by molar-refractivity contribution is 0.773. The highest BCUT2D eigenvalue weighted by Crippen LogP contribution is 2.41. The highest BCUT2D eigenvalue weighted by Gasteiger charge is 2.35. The summed E-state index contributed by atoms with van der Waals surface area (Å²) in [6.45, 7) is 0.952. The van der Waals surface area contributed by atoms with Crippen molar-refractivity contribution >= 4 is 22.6 Å². The number of thioether (sulfide) groups is 1. The minimum atomic E-state index is 0.687. The van der Waals surface area contributed by atoms with E-state index in [1.165, 1.54) is 12.8 Å². The van der Waals surface area contributed by atoms with Crippen LogP contribution in [0.25, 0.3) is 0 Å². The van der Waals surface area contributed by atoms with Gasteiger partial charge >= 0.3 is 0 Å². The van der Waals surface area contributed by atoms with E-state index in [-0.39, 0.29) is 0 Å². The summed E-state index contributed by atoms with van der Waals surface area (Å²) in [6.07, 6.45) is 2.74. The zero-order valence-electron chi connectivity index (χ0n) is 9.39. The van der Waals surface area contributed by atoms with Crippen molar-refractivity contribution in [3.05, 3.63) is 29.8 Å². The molecule has 4 heteroatoms. The summed E-state index contributed by atoms with van der Waals surface area (Å²) in [5.41, 5.74) is 1.69. The summed E-state index contributed by atoms with van der Waals surface area (Å²) >= 11 is 1.86. The standard InChI is InChI=1S/C13H13N3S/c14-7-9-1-5-11(6-2-9)16-13-15-8-12(17-13)10-3-4-10/h1-2,5-6,10,12H,3-4,8H2,(H,15,16). The molecule has 0 aromatic heterocycles. The molecular weight excluding hydrogens is 230 g/mol. The minimum Gasteiger partial charge on any atom is -0.335 e. The third kappa shape index (κ3) is 2.45.